The summed E-state index contributed by atoms with van der Waals surface area (Å²) in [7, 11) is 1.30. The average molecular weight is 402 g/mol. The molecule has 5 heteroatoms. The van der Waals surface area contributed by atoms with Gasteiger partial charge in [-0.25, -0.2) is 0 Å². The highest BCUT2D eigenvalue weighted by Gasteiger charge is 2.28. The lowest BCUT2D eigenvalue weighted by Crippen LogP contribution is -2.22. The predicted octanol–water partition coefficient (Wildman–Crippen LogP) is 5.21. The molecule has 0 heterocycles. The Morgan fingerprint density at radius 3 is 2.11 bits per heavy atom. The first-order chi connectivity index (χ1) is 13.3. The number of carbonyl (C=O) groups is 1. The largest absolute Gasteiger partial charge is 0.496 e. The van der Waals surface area contributed by atoms with Crippen molar-refractivity contribution < 1.29 is 18.8 Å². The Kier molecular flexibility index (Phi) is 7.88. The van der Waals surface area contributed by atoms with E-state index in [-0.39, 0.29) is 17.1 Å². The van der Waals surface area contributed by atoms with Gasteiger partial charge in [0.2, 0.25) is 0 Å². The van der Waals surface area contributed by atoms with Crippen LogP contribution in [0, 0.1) is 11.3 Å². The second-order valence-corrected chi connectivity index (χ2v) is 9.94. The van der Waals surface area contributed by atoms with Gasteiger partial charge in [0, 0.05) is 17.9 Å². The monoisotopic (exact) mass is 402 g/mol. The number of hydrogen-bond acceptors (Lipinski definition) is 4. The summed E-state index contributed by atoms with van der Waals surface area (Å²) in [4.78, 5) is 13.0. The predicted molar refractivity (Wildman–Crippen MR) is 116 cm³/mol. The van der Waals surface area contributed by atoms with Crippen LogP contribution >= 0.6 is 7.80 Å². The molecular formula is C23H31O4P. The van der Waals surface area contributed by atoms with Gasteiger partial charge in [0.15, 0.2) is 5.78 Å². The first-order valence-electron chi connectivity index (χ1n) is 9.60. The lowest BCUT2D eigenvalue weighted by molar-refractivity contribution is 0.0911. The van der Waals surface area contributed by atoms with Gasteiger partial charge in [-0.3, -0.25) is 4.79 Å². The van der Waals surface area contributed by atoms with Crippen molar-refractivity contribution in [2.24, 2.45) is 11.3 Å². The summed E-state index contributed by atoms with van der Waals surface area (Å²) >= 11 is 0. The standard InChI is InChI=1S/C23H31O4P/c1-17(16-28(25)18-10-7-6-8-11-18)14-23(2,3)15-19(24)22-20(26-4)12-9-13-21(22)27-5/h6-13,17,28H,14-16H2,1-5H3. The van der Waals surface area contributed by atoms with Gasteiger partial charge in [-0.2, -0.15) is 0 Å². The molecule has 0 bridgehead atoms. The summed E-state index contributed by atoms with van der Waals surface area (Å²) < 4.78 is 23.4. The van der Waals surface area contributed by atoms with Crippen molar-refractivity contribution in [2.75, 3.05) is 20.4 Å². The molecule has 0 N–H and O–H groups in total. The molecule has 2 rings (SSSR count). The van der Waals surface area contributed by atoms with Gasteiger partial charge in [0.25, 0.3) is 0 Å². The molecule has 2 aromatic carbocycles. The fraction of sp³-hybridized carbons (Fsp3) is 0.435. The highest BCUT2D eigenvalue weighted by Crippen LogP contribution is 2.37. The molecule has 0 fully saturated rings. The quantitative estimate of drug-likeness (QED) is 0.404. The van der Waals surface area contributed by atoms with Crippen LogP contribution in [0.2, 0.25) is 0 Å². The van der Waals surface area contributed by atoms with Gasteiger partial charge in [-0.05, 0) is 29.9 Å². The molecule has 28 heavy (non-hydrogen) atoms. The number of ketones is 1. The number of ether oxygens (including phenoxy) is 2. The summed E-state index contributed by atoms with van der Waals surface area (Å²) in [5.41, 5.74) is 0.271. The lowest BCUT2D eigenvalue weighted by atomic mass is 9.78. The van der Waals surface area contributed by atoms with Gasteiger partial charge in [-0.15, -0.1) is 0 Å². The van der Waals surface area contributed by atoms with Crippen LogP contribution in [-0.4, -0.2) is 26.2 Å². The minimum absolute atomic E-state index is 0.00205. The first-order valence-corrected chi connectivity index (χ1v) is 11.2. The first kappa shape index (κ1) is 22.2. The van der Waals surface area contributed by atoms with E-state index in [0.29, 0.717) is 29.6 Å². The van der Waals surface area contributed by atoms with E-state index in [1.165, 1.54) is 0 Å². The van der Waals surface area contributed by atoms with E-state index in [9.17, 15) is 9.36 Å². The molecule has 2 aromatic rings. The smallest absolute Gasteiger partial charge is 0.170 e. The second-order valence-electron chi connectivity index (χ2n) is 8.10. The van der Waals surface area contributed by atoms with Gasteiger partial charge >= 0.3 is 0 Å². The number of benzene rings is 2. The minimum atomic E-state index is -1.81. The van der Waals surface area contributed by atoms with E-state index in [4.69, 9.17) is 9.47 Å². The molecular weight excluding hydrogens is 371 g/mol. The number of rotatable bonds is 10. The molecule has 0 aliphatic heterocycles. The highest BCUT2D eigenvalue weighted by molar-refractivity contribution is 7.53. The fourth-order valence-electron chi connectivity index (χ4n) is 3.80. The van der Waals surface area contributed by atoms with Gasteiger partial charge < -0.3 is 14.0 Å². The molecule has 0 radical (unpaired) electrons. The van der Waals surface area contributed by atoms with E-state index < -0.39 is 7.80 Å². The molecule has 0 aromatic heterocycles. The highest BCUT2D eigenvalue weighted by atomic mass is 31.1. The Hall–Kier alpha value is -2.06. The maximum atomic E-state index is 13.0. The maximum Gasteiger partial charge on any atom is 0.170 e. The van der Waals surface area contributed by atoms with E-state index in [1.54, 1.807) is 26.4 Å². The zero-order chi connectivity index (χ0) is 20.7. The SMILES string of the molecule is COc1cccc(OC)c1C(=O)CC(C)(C)CC(C)C[PH](=O)c1ccccc1. The van der Waals surface area contributed by atoms with E-state index in [0.717, 1.165) is 11.7 Å². The van der Waals surface area contributed by atoms with Crippen LogP contribution in [0.3, 0.4) is 0 Å². The molecule has 4 nitrogen and oxygen atoms in total. The summed E-state index contributed by atoms with van der Waals surface area (Å²) in [6.45, 7) is 6.29. The Balaban J connectivity index is 2.05. The van der Waals surface area contributed by atoms with Gasteiger partial charge in [-0.1, -0.05) is 57.2 Å². The van der Waals surface area contributed by atoms with Crippen LogP contribution in [-0.2, 0) is 4.57 Å². The molecule has 2 atom stereocenters. The minimum Gasteiger partial charge on any atom is -0.496 e. The van der Waals surface area contributed by atoms with Crippen molar-refractivity contribution in [1.29, 1.82) is 0 Å². The molecule has 0 saturated heterocycles. The third-order valence-corrected chi connectivity index (χ3v) is 6.92. The van der Waals surface area contributed by atoms with Crippen LogP contribution in [0.15, 0.2) is 48.5 Å². The number of Topliss-reactive ketones (excluding diaryl/α,β-unsaturated/α-hetero) is 1. The van der Waals surface area contributed by atoms with E-state index >= 15 is 0 Å². The molecule has 0 spiro atoms. The Bertz CT molecular complexity index is 792. The number of methoxy groups -OCH3 is 2. The van der Waals surface area contributed by atoms with Crippen molar-refractivity contribution in [3.8, 4) is 11.5 Å². The zero-order valence-electron chi connectivity index (χ0n) is 17.5. The van der Waals surface area contributed by atoms with Crippen molar-refractivity contribution in [2.45, 2.75) is 33.6 Å². The average Bonchev–Trinajstić information content (AvgIpc) is 2.66. The van der Waals surface area contributed by atoms with Crippen molar-refractivity contribution in [3.63, 3.8) is 0 Å². The van der Waals surface area contributed by atoms with Gasteiger partial charge in [0.1, 0.15) is 24.9 Å². The number of carbonyl (C=O) groups excluding carboxylic acids is 1. The van der Waals surface area contributed by atoms with E-state index in [2.05, 4.69) is 20.8 Å². The van der Waals surface area contributed by atoms with Crippen molar-refractivity contribution in [3.05, 3.63) is 54.1 Å². The Morgan fingerprint density at radius 1 is 1.00 bits per heavy atom. The van der Waals surface area contributed by atoms with E-state index in [1.807, 2.05) is 36.4 Å². The van der Waals surface area contributed by atoms with Crippen molar-refractivity contribution in [1.82, 2.24) is 0 Å². The fourth-order valence-corrected chi connectivity index (χ4v) is 5.37. The summed E-state index contributed by atoms with van der Waals surface area (Å²) in [5.74, 6) is 1.32. The maximum absolute atomic E-state index is 13.0. The molecule has 0 saturated carbocycles. The summed E-state index contributed by atoms with van der Waals surface area (Å²) in [6.07, 6.45) is 1.85. The topological polar surface area (TPSA) is 52.6 Å². The molecule has 0 aliphatic rings. The van der Waals surface area contributed by atoms with Crippen LogP contribution < -0.4 is 14.8 Å². The summed E-state index contributed by atoms with van der Waals surface area (Å²) in [6, 6.07) is 15.0. The third kappa shape index (κ3) is 5.97. The van der Waals surface area contributed by atoms with Crippen LogP contribution in [0.5, 0.6) is 11.5 Å². The molecule has 2 unspecified atom stereocenters. The second kappa shape index (κ2) is 9.93. The third-order valence-electron chi connectivity index (χ3n) is 4.88. The number of hydrogen-bond donors (Lipinski definition) is 0. The molecule has 0 amide bonds. The molecule has 152 valence electrons. The normalized spacial score (nSPS) is 13.6. The van der Waals surface area contributed by atoms with Crippen LogP contribution in [0.4, 0.5) is 0 Å². The van der Waals surface area contributed by atoms with Crippen LogP contribution in [0.25, 0.3) is 0 Å². The van der Waals surface area contributed by atoms with Gasteiger partial charge in [0.05, 0.1) is 14.2 Å². The molecule has 0 aliphatic carbocycles. The zero-order valence-corrected chi connectivity index (χ0v) is 18.5. The Morgan fingerprint density at radius 2 is 1.57 bits per heavy atom. The van der Waals surface area contributed by atoms with Crippen LogP contribution in [0.1, 0.15) is 44.0 Å². The van der Waals surface area contributed by atoms with Crippen molar-refractivity contribution >= 4 is 18.9 Å². The Labute approximate surface area is 169 Å². The lowest BCUT2D eigenvalue weighted by Gasteiger charge is -2.28. The summed E-state index contributed by atoms with van der Waals surface area (Å²) in [5, 5.41) is 0.923.